The van der Waals surface area contributed by atoms with E-state index in [9.17, 15) is 18.0 Å². The molecule has 21 heavy (non-hydrogen) atoms. The molecule has 0 bridgehead atoms. The van der Waals surface area contributed by atoms with E-state index in [1.165, 1.54) is 6.07 Å². The number of carbonyl (C=O) groups excluding carboxylic acids is 1. The fourth-order valence-corrected chi connectivity index (χ4v) is 3.47. The van der Waals surface area contributed by atoms with Crippen molar-refractivity contribution in [2.45, 2.75) is 31.2 Å². The summed E-state index contributed by atoms with van der Waals surface area (Å²) in [5.74, 6) is 0.879. The Labute approximate surface area is 126 Å². The van der Waals surface area contributed by atoms with Gasteiger partial charge in [-0.3, -0.25) is 4.79 Å². The van der Waals surface area contributed by atoms with Gasteiger partial charge in [0.1, 0.15) is 0 Å². The van der Waals surface area contributed by atoms with E-state index in [0.29, 0.717) is 12.2 Å². The van der Waals surface area contributed by atoms with Crippen LogP contribution < -0.4 is 4.90 Å². The Morgan fingerprint density at radius 1 is 1.29 bits per heavy atom. The number of benzene rings is 1. The van der Waals surface area contributed by atoms with Crippen molar-refractivity contribution in [2.24, 2.45) is 0 Å². The van der Waals surface area contributed by atoms with Crippen molar-refractivity contribution in [3.05, 3.63) is 29.3 Å². The van der Waals surface area contributed by atoms with Gasteiger partial charge >= 0.3 is 6.18 Å². The van der Waals surface area contributed by atoms with Crippen molar-refractivity contribution in [3.8, 4) is 0 Å². The smallest absolute Gasteiger partial charge is 0.371 e. The Hall–Kier alpha value is -1.17. The Morgan fingerprint density at radius 2 is 2.00 bits per heavy atom. The van der Waals surface area contributed by atoms with Crippen LogP contribution in [0.2, 0.25) is 0 Å². The first-order valence-electron chi connectivity index (χ1n) is 6.78. The zero-order valence-electron chi connectivity index (χ0n) is 12.0. The summed E-state index contributed by atoms with van der Waals surface area (Å²) < 4.78 is 39.2. The number of aldehydes is 1. The summed E-state index contributed by atoms with van der Waals surface area (Å²) in [6.07, 6.45) is -3.34. The quantitative estimate of drug-likeness (QED) is 0.761. The lowest BCUT2D eigenvalue weighted by molar-refractivity contribution is -0.137. The molecule has 116 valence electrons. The lowest BCUT2D eigenvalue weighted by Crippen LogP contribution is -2.27. The highest BCUT2D eigenvalue weighted by atomic mass is 32.2. The molecule has 0 unspecified atom stereocenters. The van der Waals surface area contributed by atoms with Crippen molar-refractivity contribution in [2.75, 3.05) is 23.7 Å². The molecule has 1 fully saturated rings. The predicted octanol–water partition coefficient (Wildman–Crippen LogP) is 4.24. The second-order valence-corrected chi connectivity index (χ2v) is 7.53. The minimum Gasteiger partial charge on any atom is -0.371 e. The van der Waals surface area contributed by atoms with Crippen LogP contribution >= 0.6 is 11.8 Å². The van der Waals surface area contributed by atoms with E-state index in [1.807, 2.05) is 16.7 Å². The average molecular weight is 317 g/mol. The molecule has 0 amide bonds. The van der Waals surface area contributed by atoms with Gasteiger partial charge in [-0.1, -0.05) is 13.8 Å². The largest absolute Gasteiger partial charge is 0.417 e. The average Bonchev–Trinajstić information content (AvgIpc) is 2.58. The number of nitrogens with zero attached hydrogens (tertiary/aromatic N) is 1. The normalized spacial score (nSPS) is 19.2. The Bertz CT molecular complexity index is 528. The third-order valence-corrected chi connectivity index (χ3v) is 5.04. The standard InChI is InChI=1S/C15H18F3NOS/c1-14(2)5-6-19(7-8-21-14)12-4-3-11(10-20)13(9-12)15(16,17)18/h3-4,9-10H,5-8H2,1-2H3. The second-order valence-electron chi connectivity index (χ2n) is 5.73. The summed E-state index contributed by atoms with van der Waals surface area (Å²) in [4.78, 5) is 12.7. The number of hydrogen-bond donors (Lipinski definition) is 0. The first kappa shape index (κ1) is 16.2. The zero-order chi connectivity index (χ0) is 15.7. The molecule has 1 heterocycles. The van der Waals surface area contributed by atoms with Crippen LogP contribution in [0.4, 0.5) is 18.9 Å². The van der Waals surface area contributed by atoms with Crippen LogP contribution in [0.3, 0.4) is 0 Å². The monoisotopic (exact) mass is 317 g/mol. The fraction of sp³-hybridized carbons (Fsp3) is 0.533. The van der Waals surface area contributed by atoms with Gasteiger partial charge in [-0.2, -0.15) is 24.9 Å². The molecule has 0 aromatic heterocycles. The third-order valence-electron chi connectivity index (χ3n) is 3.67. The van der Waals surface area contributed by atoms with E-state index in [2.05, 4.69) is 13.8 Å². The summed E-state index contributed by atoms with van der Waals surface area (Å²) in [6.45, 7) is 5.74. The van der Waals surface area contributed by atoms with Crippen LogP contribution in [0.1, 0.15) is 36.2 Å². The van der Waals surface area contributed by atoms with Crippen molar-refractivity contribution >= 4 is 23.7 Å². The third kappa shape index (κ3) is 3.93. The highest BCUT2D eigenvalue weighted by Crippen LogP contribution is 2.36. The molecular weight excluding hydrogens is 299 g/mol. The van der Waals surface area contributed by atoms with Gasteiger partial charge in [0.2, 0.25) is 0 Å². The van der Waals surface area contributed by atoms with Gasteiger partial charge in [0, 0.05) is 34.8 Å². The Balaban J connectivity index is 2.30. The number of anilines is 1. The van der Waals surface area contributed by atoms with Crippen molar-refractivity contribution in [3.63, 3.8) is 0 Å². The number of rotatable bonds is 2. The maximum atomic E-state index is 13.0. The van der Waals surface area contributed by atoms with Gasteiger partial charge in [0.05, 0.1) is 5.56 Å². The molecule has 0 spiro atoms. The van der Waals surface area contributed by atoms with Crippen molar-refractivity contribution in [1.29, 1.82) is 0 Å². The molecule has 0 radical (unpaired) electrons. The first-order valence-corrected chi connectivity index (χ1v) is 7.77. The van der Waals surface area contributed by atoms with Gasteiger partial charge in [0.25, 0.3) is 0 Å². The van der Waals surface area contributed by atoms with Crippen LogP contribution in [0.5, 0.6) is 0 Å². The van der Waals surface area contributed by atoms with E-state index in [1.54, 1.807) is 6.07 Å². The Morgan fingerprint density at radius 3 is 2.62 bits per heavy atom. The molecule has 6 heteroatoms. The number of carbonyl (C=O) groups is 1. The molecular formula is C15H18F3NOS. The first-order chi connectivity index (χ1) is 9.73. The Kier molecular flexibility index (Phi) is 4.56. The second kappa shape index (κ2) is 5.91. The van der Waals surface area contributed by atoms with Crippen molar-refractivity contribution < 1.29 is 18.0 Å². The molecule has 1 aliphatic heterocycles. The molecule has 2 rings (SSSR count). The lowest BCUT2D eigenvalue weighted by atomic mass is 10.1. The van der Waals surface area contributed by atoms with Crippen LogP contribution in [0.25, 0.3) is 0 Å². The zero-order valence-corrected chi connectivity index (χ0v) is 12.9. The summed E-state index contributed by atoms with van der Waals surface area (Å²) >= 11 is 1.84. The van der Waals surface area contributed by atoms with E-state index in [0.717, 1.165) is 24.8 Å². The molecule has 1 aliphatic rings. The topological polar surface area (TPSA) is 20.3 Å². The van der Waals surface area contributed by atoms with Gasteiger partial charge in [0.15, 0.2) is 6.29 Å². The number of hydrogen-bond acceptors (Lipinski definition) is 3. The maximum absolute atomic E-state index is 13.0. The van der Waals surface area contributed by atoms with Crippen LogP contribution in [-0.4, -0.2) is 29.9 Å². The molecule has 2 nitrogen and oxygen atoms in total. The summed E-state index contributed by atoms with van der Waals surface area (Å²) in [6, 6.07) is 3.95. The van der Waals surface area contributed by atoms with Gasteiger partial charge < -0.3 is 4.90 Å². The summed E-state index contributed by atoms with van der Waals surface area (Å²) in [5, 5.41) is 0. The van der Waals surface area contributed by atoms with Gasteiger partial charge in [-0.25, -0.2) is 0 Å². The highest BCUT2D eigenvalue weighted by Gasteiger charge is 2.34. The highest BCUT2D eigenvalue weighted by molar-refractivity contribution is 8.00. The van der Waals surface area contributed by atoms with E-state index in [4.69, 9.17) is 0 Å². The molecule has 0 N–H and O–H groups in total. The van der Waals surface area contributed by atoms with Crippen LogP contribution in [0, 0.1) is 0 Å². The van der Waals surface area contributed by atoms with Gasteiger partial charge in [-0.15, -0.1) is 0 Å². The molecule has 0 atom stereocenters. The predicted molar refractivity (Wildman–Crippen MR) is 80.2 cm³/mol. The summed E-state index contributed by atoms with van der Waals surface area (Å²) in [5.41, 5.74) is -0.631. The van der Waals surface area contributed by atoms with Crippen molar-refractivity contribution in [1.82, 2.24) is 0 Å². The molecule has 1 aromatic rings. The van der Waals surface area contributed by atoms with E-state index < -0.39 is 11.7 Å². The molecule has 0 aliphatic carbocycles. The molecule has 1 saturated heterocycles. The number of thioether (sulfide) groups is 1. The van der Waals surface area contributed by atoms with E-state index >= 15 is 0 Å². The lowest BCUT2D eigenvalue weighted by Gasteiger charge is -2.25. The minimum absolute atomic E-state index is 0.143. The van der Waals surface area contributed by atoms with Crippen LogP contribution in [-0.2, 0) is 6.18 Å². The van der Waals surface area contributed by atoms with Crippen LogP contribution in [0.15, 0.2) is 18.2 Å². The molecule has 0 saturated carbocycles. The SMILES string of the molecule is CC1(C)CCN(c2ccc(C=O)c(C(F)(F)F)c2)CCS1. The minimum atomic E-state index is -4.51. The van der Waals surface area contributed by atoms with E-state index in [-0.39, 0.29) is 16.6 Å². The molecule has 1 aromatic carbocycles. The number of alkyl halides is 3. The fourth-order valence-electron chi connectivity index (χ4n) is 2.37. The maximum Gasteiger partial charge on any atom is 0.417 e. The number of halogens is 3. The summed E-state index contributed by atoms with van der Waals surface area (Å²) in [7, 11) is 0. The van der Waals surface area contributed by atoms with Gasteiger partial charge in [-0.05, 0) is 24.6 Å².